The largest absolute Gasteiger partial charge is 0.336 e. The number of amides is 3. The zero-order valence-corrected chi connectivity index (χ0v) is 19.7. The second-order valence-electron chi connectivity index (χ2n) is 9.24. The molecule has 35 heavy (non-hydrogen) atoms. The van der Waals surface area contributed by atoms with Crippen LogP contribution in [-0.4, -0.2) is 40.2 Å². The fourth-order valence-electron chi connectivity index (χ4n) is 4.90. The summed E-state index contributed by atoms with van der Waals surface area (Å²) in [5.74, 6) is -0.976. The highest BCUT2D eigenvalue weighted by Crippen LogP contribution is 2.34. The summed E-state index contributed by atoms with van der Waals surface area (Å²) >= 11 is 0. The van der Waals surface area contributed by atoms with E-state index in [2.05, 4.69) is 10.3 Å². The number of para-hydroxylation sites is 1. The monoisotopic (exact) mass is 468 g/mol. The number of benzene rings is 2. The maximum Gasteiger partial charge on any atom is 0.247 e. The SMILES string of the molecule is Cc1ccc(NC(=O)C2CCc3ccccc3N2C(=O)C2CC(=O)N(Cc3ccccn3)C2)cc1. The van der Waals surface area contributed by atoms with Crippen LogP contribution in [0.1, 0.15) is 29.7 Å². The normalized spacial score (nSPS) is 19.4. The van der Waals surface area contributed by atoms with Crippen LogP contribution >= 0.6 is 0 Å². The predicted octanol–water partition coefficient (Wildman–Crippen LogP) is 3.73. The third-order valence-corrected chi connectivity index (χ3v) is 6.75. The Morgan fingerprint density at radius 3 is 2.57 bits per heavy atom. The Labute approximate surface area is 204 Å². The van der Waals surface area contributed by atoms with E-state index >= 15 is 0 Å². The van der Waals surface area contributed by atoms with Gasteiger partial charge in [-0.1, -0.05) is 42.0 Å². The first kappa shape index (κ1) is 22.8. The summed E-state index contributed by atoms with van der Waals surface area (Å²) in [6, 6.07) is 20.3. The van der Waals surface area contributed by atoms with Gasteiger partial charge in [-0.05, 0) is 55.7 Å². The number of likely N-dealkylation sites (tertiary alicyclic amines) is 1. The first-order valence-electron chi connectivity index (χ1n) is 12.0. The second kappa shape index (κ2) is 9.70. The van der Waals surface area contributed by atoms with Crippen molar-refractivity contribution in [1.29, 1.82) is 0 Å². The van der Waals surface area contributed by atoms with E-state index in [-0.39, 0.29) is 24.1 Å². The average molecular weight is 469 g/mol. The van der Waals surface area contributed by atoms with Crippen LogP contribution in [0, 0.1) is 12.8 Å². The predicted molar refractivity (Wildman–Crippen MR) is 134 cm³/mol. The van der Waals surface area contributed by atoms with Crippen LogP contribution in [0.2, 0.25) is 0 Å². The molecule has 1 aromatic heterocycles. The van der Waals surface area contributed by atoms with E-state index < -0.39 is 12.0 Å². The van der Waals surface area contributed by atoms with Crippen LogP contribution in [0.5, 0.6) is 0 Å². The third kappa shape index (κ3) is 4.80. The molecular formula is C28H28N4O3. The van der Waals surface area contributed by atoms with E-state index in [9.17, 15) is 14.4 Å². The van der Waals surface area contributed by atoms with Gasteiger partial charge in [-0.15, -0.1) is 0 Å². The first-order chi connectivity index (χ1) is 17.0. The lowest BCUT2D eigenvalue weighted by Crippen LogP contribution is -2.52. The molecule has 7 nitrogen and oxygen atoms in total. The van der Waals surface area contributed by atoms with Gasteiger partial charge >= 0.3 is 0 Å². The van der Waals surface area contributed by atoms with Crippen LogP contribution in [0.15, 0.2) is 72.9 Å². The van der Waals surface area contributed by atoms with Gasteiger partial charge in [-0.2, -0.15) is 0 Å². The molecule has 2 aliphatic heterocycles. The molecule has 0 aliphatic carbocycles. The molecule has 3 aromatic rings. The van der Waals surface area contributed by atoms with Crippen molar-refractivity contribution in [3.63, 3.8) is 0 Å². The number of hydrogen-bond acceptors (Lipinski definition) is 4. The third-order valence-electron chi connectivity index (χ3n) is 6.75. The molecule has 1 N–H and O–H groups in total. The maximum atomic E-state index is 13.9. The molecule has 0 bridgehead atoms. The highest BCUT2D eigenvalue weighted by atomic mass is 16.2. The molecule has 2 aliphatic rings. The van der Waals surface area contributed by atoms with E-state index in [1.165, 1.54) is 0 Å². The van der Waals surface area contributed by atoms with Crippen molar-refractivity contribution in [2.24, 2.45) is 5.92 Å². The van der Waals surface area contributed by atoms with Gasteiger partial charge < -0.3 is 10.2 Å². The molecule has 2 aromatic carbocycles. The molecule has 2 unspecified atom stereocenters. The number of carbonyl (C=O) groups is 3. The van der Waals surface area contributed by atoms with Crippen molar-refractivity contribution < 1.29 is 14.4 Å². The van der Waals surface area contributed by atoms with Gasteiger partial charge in [0.05, 0.1) is 18.2 Å². The minimum Gasteiger partial charge on any atom is -0.336 e. The molecule has 5 rings (SSSR count). The number of carbonyl (C=O) groups excluding carboxylic acids is 3. The lowest BCUT2D eigenvalue weighted by Gasteiger charge is -2.37. The fourth-order valence-corrected chi connectivity index (χ4v) is 4.90. The summed E-state index contributed by atoms with van der Waals surface area (Å²) < 4.78 is 0. The lowest BCUT2D eigenvalue weighted by molar-refractivity contribution is -0.129. The van der Waals surface area contributed by atoms with E-state index in [1.807, 2.05) is 73.7 Å². The van der Waals surface area contributed by atoms with Gasteiger partial charge in [0, 0.05) is 30.5 Å². The van der Waals surface area contributed by atoms with Gasteiger partial charge in [0.25, 0.3) is 0 Å². The van der Waals surface area contributed by atoms with Crippen LogP contribution in [0.25, 0.3) is 0 Å². The van der Waals surface area contributed by atoms with Crippen molar-refractivity contribution in [3.8, 4) is 0 Å². The summed E-state index contributed by atoms with van der Waals surface area (Å²) in [6.07, 6.45) is 3.07. The van der Waals surface area contributed by atoms with Crippen molar-refractivity contribution >= 4 is 29.1 Å². The van der Waals surface area contributed by atoms with Crippen molar-refractivity contribution in [2.45, 2.75) is 38.8 Å². The zero-order chi connectivity index (χ0) is 24.4. The Balaban J connectivity index is 1.38. The molecule has 2 atom stereocenters. The van der Waals surface area contributed by atoms with Crippen LogP contribution in [0.4, 0.5) is 11.4 Å². The Bertz CT molecular complexity index is 1240. The number of fused-ring (bicyclic) bond motifs is 1. The number of aryl methyl sites for hydroxylation is 2. The summed E-state index contributed by atoms with van der Waals surface area (Å²) in [5, 5.41) is 2.98. The lowest BCUT2D eigenvalue weighted by atomic mass is 9.93. The quantitative estimate of drug-likeness (QED) is 0.619. The molecule has 3 amide bonds. The van der Waals surface area contributed by atoms with Crippen LogP contribution in [0.3, 0.4) is 0 Å². The van der Waals surface area contributed by atoms with Gasteiger partial charge in [-0.25, -0.2) is 0 Å². The highest BCUT2D eigenvalue weighted by Gasteiger charge is 2.42. The summed E-state index contributed by atoms with van der Waals surface area (Å²) in [6.45, 7) is 2.68. The molecule has 7 heteroatoms. The van der Waals surface area contributed by atoms with Gasteiger partial charge in [0.15, 0.2) is 0 Å². The van der Waals surface area contributed by atoms with Gasteiger partial charge in [0.2, 0.25) is 17.7 Å². The molecule has 1 fully saturated rings. The van der Waals surface area contributed by atoms with Crippen LogP contribution < -0.4 is 10.2 Å². The number of aromatic nitrogens is 1. The summed E-state index contributed by atoms with van der Waals surface area (Å²) in [5.41, 5.74) is 4.38. The van der Waals surface area contributed by atoms with E-state index in [0.29, 0.717) is 31.6 Å². The number of rotatable bonds is 5. The van der Waals surface area contributed by atoms with Gasteiger partial charge in [-0.3, -0.25) is 24.3 Å². The minimum absolute atomic E-state index is 0.0695. The highest BCUT2D eigenvalue weighted by molar-refractivity contribution is 6.07. The number of nitrogens with zero attached hydrogens (tertiary/aromatic N) is 3. The Hall–Kier alpha value is -4.00. The van der Waals surface area contributed by atoms with Crippen molar-refractivity contribution in [1.82, 2.24) is 9.88 Å². The second-order valence-corrected chi connectivity index (χ2v) is 9.24. The molecule has 0 radical (unpaired) electrons. The van der Waals surface area contributed by atoms with Gasteiger partial charge in [0.1, 0.15) is 6.04 Å². The molecule has 1 saturated heterocycles. The summed E-state index contributed by atoms with van der Waals surface area (Å²) in [4.78, 5) is 47.6. The number of hydrogen-bond donors (Lipinski definition) is 1. The maximum absolute atomic E-state index is 13.9. The number of pyridine rings is 1. The van der Waals surface area contributed by atoms with Crippen molar-refractivity contribution in [3.05, 3.63) is 89.7 Å². The first-order valence-corrected chi connectivity index (χ1v) is 12.0. The fraction of sp³-hybridized carbons (Fsp3) is 0.286. The average Bonchev–Trinajstić information content (AvgIpc) is 3.24. The van der Waals surface area contributed by atoms with Crippen LogP contribution in [-0.2, 0) is 27.3 Å². The number of nitrogens with one attached hydrogen (secondary N) is 1. The Morgan fingerprint density at radius 2 is 1.80 bits per heavy atom. The Morgan fingerprint density at radius 1 is 1.03 bits per heavy atom. The molecule has 3 heterocycles. The van der Waals surface area contributed by atoms with E-state index in [4.69, 9.17) is 0 Å². The van der Waals surface area contributed by atoms with E-state index in [0.717, 1.165) is 22.5 Å². The van der Waals surface area contributed by atoms with E-state index in [1.54, 1.807) is 16.0 Å². The van der Waals surface area contributed by atoms with Crippen molar-refractivity contribution in [2.75, 3.05) is 16.8 Å². The topological polar surface area (TPSA) is 82.6 Å². The minimum atomic E-state index is -0.640. The Kier molecular flexibility index (Phi) is 6.31. The number of anilines is 2. The smallest absolute Gasteiger partial charge is 0.247 e. The summed E-state index contributed by atoms with van der Waals surface area (Å²) in [7, 11) is 0. The molecule has 0 saturated carbocycles. The molecular weight excluding hydrogens is 440 g/mol. The molecule has 0 spiro atoms. The molecule has 178 valence electrons. The zero-order valence-electron chi connectivity index (χ0n) is 19.7. The standard InChI is InChI=1S/C28H28N4O3/c1-19-9-12-22(13-10-19)30-27(34)25-14-11-20-6-2-3-8-24(20)32(25)28(35)21-16-26(33)31(17-21)18-23-7-4-5-15-29-23/h2-10,12-13,15,21,25H,11,14,16-18H2,1H3,(H,30,34).